The number of carbonyl (C=O) groups is 1. The molecule has 0 saturated carbocycles. The predicted molar refractivity (Wildman–Crippen MR) is 121 cm³/mol. The molecule has 1 aliphatic heterocycles. The Kier molecular flexibility index (Phi) is 7.44. The van der Waals surface area contributed by atoms with Crippen LogP contribution in [-0.2, 0) is 20.9 Å². The largest absolute Gasteiger partial charge is 0.493 e. The molecule has 0 unspecified atom stereocenters. The van der Waals surface area contributed by atoms with Crippen molar-refractivity contribution in [2.75, 3.05) is 13.7 Å². The van der Waals surface area contributed by atoms with Crippen molar-refractivity contribution in [3.05, 3.63) is 80.9 Å². The van der Waals surface area contributed by atoms with Gasteiger partial charge < -0.3 is 24.7 Å². The van der Waals surface area contributed by atoms with E-state index in [0.717, 1.165) is 10.0 Å². The highest BCUT2D eigenvalue weighted by Crippen LogP contribution is 2.42. The second-order valence-electron chi connectivity index (χ2n) is 6.94. The highest BCUT2D eigenvalue weighted by molar-refractivity contribution is 9.10. The minimum absolute atomic E-state index is 0.0439. The lowest BCUT2D eigenvalue weighted by atomic mass is 9.83. The molecule has 166 valence electrons. The maximum atomic E-state index is 12.7. The van der Waals surface area contributed by atoms with Gasteiger partial charge in [0.1, 0.15) is 24.0 Å². The standard InChI is InChI=1S/C24H23BrN2O5/c1-4-30-24(28)21-14(2)32-23(27)18(12-26)22(21)16-7-10-19(20(11-16)29-3)31-13-15-5-8-17(25)9-6-15/h5-11,22H,4,13,27H2,1-3H3/t22-/m0/s1. The number of nitrogens with two attached hydrogens (primary N) is 1. The van der Waals surface area contributed by atoms with Gasteiger partial charge in [-0.25, -0.2) is 4.79 Å². The van der Waals surface area contributed by atoms with Gasteiger partial charge in [-0.3, -0.25) is 0 Å². The van der Waals surface area contributed by atoms with Gasteiger partial charge in [-0.05, 0) is 49.2 Å². The van der Waals surface area contributed by atoms with E-state index in [0.29, 0.717) is 29.4 Å². The minimum Gasteiger partial charge on any atom is -0.493 e. The summed E-state index contributed by atoms with van der Waals surface area (Å²) in [7, 11) is 1.53. The first-order valence-electron chi connectivity index (χ1n) is 9.90. The van der Waals surface area contributed by atoms with Crippen LogP contribution >= 0.6 is 15.9 Å². The van der Waals surface area contributed by atoms with Crippen molar-refractivity contribution in [1.82, 2.24) is 0 Å². The van der Waals surface area contributed by atoms with Gasteiger partial charge in [0.25, 0.3) is 0 Å². The molecule has 0 aliphatic carbocycles. The van der Waals surface area contributed by atoms with E-state index in [-0.39, 0.29) is 23.6 Å². The number of esters is 1. The highest BCUT2D eigenvalue weighted by Gasteiger charge is 2.36. The zero-order chi connectivity index (χ0) is 23.3. The van der Waals surface area contributed by atoms with Crippen molar-refractivity contribution in [3.63, 3.8) is 0 Å². The summed E-state index contributed by atoms with van der Waals surface area (Å²) in [5.74, 6) is -0.0769. The summed E-state index contributed by atoms with van der Waals surface area (Å²) in [6.45, 7) is 3.87. The number of benzene rings is 2. The lowest BCUT2D eigenvalue weighted by molar-refractivity contribution is -0.139. The number of methoxy groups -OCH3 is 1. The van der Waals surface area contributed by atoms with Crippen LogP contribution in [-0.4, -0.2) is 19.7 Å². The molecular weight excluding hydrogens is 476 g/mol. The number of rotatable bonds is 7. The van der Waals surface area contributed by atoms with E-state index in [1.165, 1.54) is 7.11 Å². The molecule has 2 aromatic carbocycles. The number of halogens is 1. The van der Waals surface area contributed by atoms with Gasteiger partial charge in [0.05, 0.1) is 25.2 Å². The number of allylic oxidation sites excluding steroid dienone is 2. The van der Waals surface area contributed by atoms with Gasteiger partial charge in [0, 0.05) is 4.47 Å². The molecule has 0 bridgehead atoms. The lowest BCUT2D eigenvalue weighted by Crippen LogP contribution is -2.25. The highest BCUT2D eigenvalue weighted by atomic mass is 79.9. The van der Waals surface area contributed by atoms with E-state index in [2.05, 4.69) is 22.0 Å². The maximum absolute atomic E-state index is 12.7. The van der Waals surface area contributed by atoms with Crippen LogP contribution in [0.15, 0.2) is 69.7 Å². The molecule has 2 N–H and O–H groups in total. The summed E-state index contributed by atoms with van der Waals surface area (Å²) in [4.78, 5) is 12.7. The Bertz CT molecular complexity index is 1120. The molecule has 0 fully saturated rings. The van der Waals surface area contributed by atoms with Crippen LogP contribution in [0.2, 0.25) is 0 Å². The molecule has 1 heterocycles. The number of hydrogen-bond acceptors (Lipinski definition) is 7. The maximum Gasteiger partial charge on any atom is 0.338 e. The quantitative estimate of drug-likeness (QED) is 0.552. The van der Waals surface area contributed by atoms with Gasteiger partial charge in [-0.1, -0.05) is 34.1 Å². The zero-order valence-corrected chi connectivity index (χ0v) is 19.6. The first-order valence-corrected chi connectivity index (χ1v) is 10.7. The summed E-state index contributed by atoms with van der Waals surface area (Å²) in [5, 5.41) is 9.72. The van der Waals surface area contributed by atoms with Crippen molar-refractivity contribution in [3.8, 4) is 17.6 Å². The third-order valence-corrected chi connectivity index (χ3v) is 5.46. The van der Waals surface area contributed by atoms with Crippen molar-refractivity contribution in [2.45, 2.75) is 26.4 Å². The van der Waals surface area contributed by atoms with Gasteiger partial charge in [0.15, 0.2) is 11.5 Å². The van der Waals surface area contributed by atoms with E-state index in [1.54, 1.807) is 32.0 Å². The fourth-order valence-electron chi connectivity index (χ4n) is 3.41. The number of carbonyl (C=O) groups excluding carboxylic acids is 1. The molecule has 0 aromatic heterocycles. The number of nitrogens with zero attached hydrogens (tertiary/aromatic N) is 1. The third-order valence-electron chi connectivity index (χ3n) is 4.93. The Labute approximate surface area is 195 Å². The molecule has 0 saturated heterocycles. The average Bonchev–Trinajstić information content (AvgIpc) is 2.78. The number of nitriles is 1. The molecular formula is C24H23BrN2O5. The fraction of sp³-hybridized carbons (Fsp3) is 0.250. The number of hydrogen-bond donors (Lipinski definition) is 1. The molecule has 2 aromatic rings. The Morgan fingerprint density at radius 2 is 1.94 bits per heavy atom. The topological polar surface area (TPSA) is 104 Å². The molecule has 1 atom stereocenters. The van der Waals surface area contributed by atoms with E-state index < -0.39 is 11.9 Å². The fourth-order valence-corrected chi connectivity index (χ4v) is 3.68. The lowest BCUT2D eigenvalue weighted by Gasteiger charge is -2.27. The third kappa shape index (κ3) is 4.89. The summed E-state index contributed by atoms with van der Waals surface area (Å²) < 4.78 is 23.1. The molecule has 3 rings (SSSR count). The van der Waals surface area contributed by atoms with Gasteiger partial charge in [-0.15, -0.1) is 0 Å². The van der Waals surface area contributed by atoms with E-state index in [9.17, 15) is 10.1 Å². The molecule has 0 amide bonds. The summed E-state index contributed by atoms with van der Waals surface area (Å²) in [6, 6.07) is 15.1. The van der Waals surface area contributed by atoms with Crippen molar-refractivity contribution < 1.29 is 23.7 Å². The Hall–Kier alpha value is -3.44. The average molecular weight is 499 g/mol. The van der Waals surface area contributed by atoms with Crippen LogP contribution in [0.4, 0.5) is 0 Å². The Morgan fingerprint density at radius 1 is 1.22 bits per heavy atom. The van der Waals surface area contributed by atoms with E-state index in [4.69, 9.17) is 24.7 Å². The van der Waals surface area contributed by atoms with Gasteiger partial charge >= 0.3 is 5.97 Å². The molecule has 0 radical (unpaired) electrons. The Balaban J connectivity index is 1.97. The van der Waals surface area contributed by atoms with Crippen molar-refractivity contribution in [1.29, 1.82) is 5.26 Å². The number of ether oxygens (including phenoxy) is 4. The second kappa shape index (κ2) is 10.2. The molecule has 8 heteroatoms. The summed E-state index contributed by atoms with van der Waals surface area (Å²) >= 11 is 3.41. The Morgan fingerprint density at radius 3 is 2.56 bits per heavy atom. The first-order chi connectivity index (χ1) is 15.4. The van der Waals surface area contributed by atoms with Crippen molar-refractivity contribution in [2.24, 2.45) is 5.73 Å². The molecule has 1 aliphatic rings. The molecule has 7 nitrogen and oxygen atoms in total. The summed E-state index contributed by atoms with van der Waals surface area (Å²) in [5.41, 5.74) is 7.93. The summed E-state index contributed by atoms with van der Waals surface area (Å²) in [6.07, 6.45) is 0. The minimum atomic E-state index is -0.748. The predicted octanol–water partition coefficient (Wildman–Crippen LogP) is 4.68. The molecule has 32 heavy (non-hydrogen) atoms. The van der Waals surface area contributed by atoms with E-state index in [1.807, 2.05) is 24.3 Å². The van der Waals surface area contributed by atoms with E-state index >= 15 is 0 Å². The SMILES string of the molecule is CCOC(=O)C1=C(C)OC(N)=C(C#N)[C@@H]1c1ccc(OCc2ccc(Br)cc2)c(OC)c1. The first kappa shape index (κ1) is 23.2. The molecule has 0 spiro atoms. The van der Waals surface area contributed by atoms with Crippen LogP contribution in [0.25, 0.3) is 0 Å². The van der Waals surface area contributed by atoms with Crippen LogP contribution in [0, 0.1) is 11.3 Å². The van der Waals surface area contributed by atoms with Crippen LogP contribution in [0.5, 0.6) is 11.5 Å². The monoisotopic (exact) mass is 498 g/mol. The normalized spacial score (nSPS) is 15.7. The van der Waals surface area contributed by atoms with Gasteiger partial charge in [-0.2, -0.15) is 5.26 Å². The second-order valence-corrected chi connectivity index (χ2v) is 7.86. The van der Waals surface area contributed by atoms with Crippen LogP contribution in [0.3, 0.4) is 0 Å². The van der Waals surface area contributed by atoms with Crippen LogP contribution < -0.4 is 15.2 Å². The smallest absolute Gasteiger partial charge is 0.338 e. The van der Waals surface area contributed by atoms with Crippen molar-refractivity contribution >= 4 is 21.9 Å². The van der Waals surface area contributed by atoms with Gasteiger partial charge in [0.2, 0.25) is 5.88 Å². The zero-order valence-electron chi connectivity index (χ0n) is 18.0. The van der Waals surface area contributed by atoms with Crippen LogP contribution in [0.1, 0.15) is 30.9 Å².